The van der Waals surface area contributed by atoms with Crippen molar-refractivity contribution in [3.05, 3.63) is 12.2 Å². The molecule has 0 aliphatic rings. The Hall–Kier alpha value is -0.940. The van der Waals surface area contributed by atoms with Crippen molar-refractivity contribution in [1.82, 2.24) is 14.8 Å². The van der Waals surface area contributed by atoms with Gasteiger partial charge in [0.15, 0.2) is 5.82 Å². The topological polar surface area (TPSA) is 66.0 Å². The molecule has 5 heteroatoms. The summed E-state index contributed by atoms with van der Waals surface area (Å²) in [5.41, 5.74) is 0. The van der Waals surface area contributed by atoms with E-state index in [1.165, 1.54) is 6.33 Å². The first-order valence-corrected chi connectivity index (χ1v) is 3.56. The lowest BCUT2D eigenvalue weighted by Gasteiger charge is -2.01. The van der Waals surface area contributed by atoms with E-state index in [4.69, 9.17) is 5.90 Å². The van der Waals surface area contributed by atoms with Gasteiger partial charge in [0.2, 0.25) is 0 Å². The van der Waals surface area contributed by atoms with Gasteiger partial charge in [-0.1, -0.05) is 6.92 Å². The fraction of sp³-hybridized carbons (Fsp3) is 0.667. The average molecular weight is 156 g/mol. The molecule has 0 aromatic carbocycles. The smallest absolute Gasteiger partial charge is 0.154 e. The molecule has 1 aromatic heterocycles. The summed E-state index contributed by atoms with van der Waals surface area (Å²) in [6, 6.07) is 0. The molecule has 0 saturated heterocycles. The maximum Gasteiger partial charge on any atom is 0.154 e. The summed E-state index contributed by atoms with van der Waals surface area (Å²) in [7, 11) is 0. The third-order valence-electron chi connectivity index (χ3n) is 1.34. The highest BCUT2D eigenvalue weighted by atomic mass is 16.6. The molecule has 11 heavy (non-hydrogen) atoms. The predicted molar refractivity (Wildman–Crippen MR) is 39.3 cm³/mol. The maximum absolute atomic E-state index is 4.90. The van der Waals surface area contributed by atoms with Gasteiger partial charge in [0.05, 0.1) is 0 Å². The Morgan fingerprint density at radius 3 is 3.18 bits per heavy atom. The Bertz CT molecular complexity index is 190. The quantitative estimate of drug-likeness (QED) is 0.627. The lowest BCUT2D eigenvalue weighted by molar-refractivity contribution is 0.115. The monoisotopic (exact) mass is 156 g/mol. The van der Waals surface area contributed by atoms with Gasteiger partial charge in [-0.25, -0.2) is 15.6 Å². The largest absolute Gasteiger partial charge is 0.297 e. The molecule has 0 aliphatic heterocycles. The van der Waals surface area contributed by atoms with E-state index in [0.29, 0.717) is 6.61 Å². The minimum atomic E-state index is 0.319. The molecule has 0 unspecified atom stereocenters. The van der Waals surface area contributed by atoms with Crippen LogP contribution >= 0.6 is 0 Å². The molecule has 1 aromatic rings. The molecule has 0 amide bonds. The number of aryl methyl sites for hydroxylation is 1. The second-order valence-corrected chi connectivity index (χ2v) is 2.21. The van der Waals surface area contributed by atoms with Gasteiger partial charge in [0, 0.05) is 6.54 Å². The second-order valence-electron chi connectivity index (χ2n) is 2.21. The van der Waals surface area contributed by atoms with Crippen LogP contribution in [0.15, 0.2) is 6.33 Å². The molecular weight excluding hydrogens is 144 g/mol. The molecule has 0 radical (unpaired) electrons. The zero-order chi connectivity index (χ0) is 8.10. The summed E-state index contributed by atoms with van der Waals surface area (Å²) in [4.78, 5) is 8.42. The van der Waals surface area contributed by atoms with Crippen LogP contribution in [0, 0.1) is 0 Å². The molecule has 0 fully saturated rings. The molecule has 0 bridgehead atoms. The number of rotatable bonds is 4. The van der Waals surface area contributed by atoms with E-state index < -0.39 is 0 Å². The molecule has 0 aliphatic carbocycles. The Balaban J connectivity index is 2.62. The number of aromatic nitrogens is 3. The Labute approximate surface area is 65.1 Å². The summed E-state index contributed by atoms with van der Waals surface area (Å²) < 4.78 is 1.78. The Kier molecular flexibility index (Phi) is 3.00. The van der Waals surface area contributed by atoms with Gasteiger partial charge < -0.3 is 0 Å². The molecule has 0 atom stereocenters. The van der Waals surface area contributed by atoms with Crippen molar-refractivity contribution in [3.63, 3.8) is 0 Å². The zero-order valence-electron chi connectivity index (χ0n) is 6.53. The van der Waals surface area contributed by atoms with Crippen LogP contribution in [0.5, 0.6) is 0 Å². The van der Waals surface area contributed by atoms with Crippen LogP contribution in [0.4, 0.5) is 0 Å². The third-order valence-corrected chi connectivity index (χ3v) is 1.34. The van der Waals surface area contributed by atoms with E-state index in [-0.39, 0.29) is 0 Å². The van der Waals surface area contributed by atoms with Crippen LogP contribution in [-0.4, -0.2) is 14.8 Å². The summed E-state index contributed by atoms with van der Waals surface area (Å²) in [6.45, 7) is 3.26. The SMILES string of the molecule is CCCn1ncnc1CON. The van der Waals surface area contributed by atoms with Gasteiger partial charge >= 0.3 is 0 Å². The van der Waals surface area contributed by atoms with Crippen LogP contribution in [0.25, 0.3) is 0 Å². The maximum atomic E-state index is 4.90. The Morgan fingerprint density at radius 1 is 1.73 bits per heavy atom. The Morgan fingerprint density at radius 2 is 2.55 bits per heavy atom. The molecule has 0 spiro atoms. The minimum absolute atomic E-state index is 0.319. The van der Waals surface area contributed by atoms with Crippen molar-refractivity contribution in [2.75, 3.05) is 0 Å². The summed E-state index contributed by atoms with van der Waals surface area (Å²) >= 11 is 0. The van der Waals surface area contributed by atoms with Gasteiger partial charge in [-0.15, -0.1) is 0 Å². The molecule has 2 N–H and O–H groups in total. The zero-order valence-corrected chi connectivity index (χ0v) is 6.53. The highest BCUT2D eigenvalue weighted by Crippen LogP contribution is 1.95. The summed E-state index contributed by atoms with van der Waals surface area (Å²) in [5.74, 6) is 5.68. The van der Waals surface area contributed by atoms with Gasteiger partial charge in [0.25, 0.3) is 0 Å². The fourth-order valence-corrected chi connectivity index (χ4v) is 0.873. The lowest BCUT2D eigenvalue weighted by atomic mass is 10.5. The highest BCUT2D eigenvalue weighted by molar-refractivity contribution is 4.80. The van der Waals surface area contributed by atoms with Crippen molar-refractivity contribution in [3.8, 4) is 0 Å². The van der Waals surface area contributed by atoms with E-state index in [2.05, 4.69) is 21.8 Å². The number of hydrogen-bond donors (Lipinski definition) is 1. The first-order valence-electron chi connectivity index (χ1n) is 3.56. The van der Waals surface area contributed by atoms with E-state index in [1.807, 2.05) is 0 Å². The number of hydrogen-bond acceptors (Lipinski definition) is 4. The standard InChI is InChI=1S/C6H12N4O/c1-2-3-10-6(4-11-7)8-5-9-10/h5H,2-4,7H2,1H3. The van der Waals surface area contributed by atoms with Crippen molar-refractivity contribution in [2.24, 2.45) is 5.90 Å². The minimum Gasteiger partial charge on any atom is -0.297 e. The van der Waals surface area contributed by atoms with E-state index in [9.17, 15) is 0 Å². The first-order chi connectivity index (χ1) is 5.38. The van der Waals surface area contributed by atoms with Crippen LogP contribution in [0.2, 0.25) is 0 Å². The van der Waals surface area contributed by atoms with Crippen LogP contribution in [-0.2, 0) is 18.0 Å². The van der Waals surface area contributed by atoms with E-state index in [1.54, 1.807) is 4.68 Å². The lowest BCUT2D eigenvalue weighted by Crippen LogP contribution is -2.09. The third kappa shape index (κ3) is 1.99. The molecular formula is C6H12N4O. The first kappa shape index (κ1) is 8.16. The van der Waals surface area contributed by atoms with Crippen molar-refractivity contribution in [1.29, 1.82) is 0 Å². The van der Waals surface area contributed by atoms with Gasteiger partial charge in [-0.05, 0) is 6.42 Å². The normalized spacial score (nSPS) is 10.4. The van der Waals surface area contributed by atoms with Crippen molar-refractivity contribution < 1.29 is 4.84 Å². The van der Waals surface area contributed by atoms with E-state index >= 15 is 0 Å². The van der Waals surface area contributed by atoms with Gasteiger partial charge in [-0.3, -0.25) is 4.84 Å². The second kappa shape index (κ2) is 4.05. The fourth-order valence-electron chi connectivity index (χ4n) is 0.873. The van der Waals surface area contributed by atoms with Gasteiger partial charge in [0.1, 0.15) is 12.9 Å². The molecule has 62 valence electrons. The van der Waals surface area contributed by atoms with Crippen molar-refractivity contribution >= 4 is 0 Å². The van der Waals surface area contributed by atoms with Crippen LogP contribution in [0.1, 0.15) is 19.2 Å². The summed E-state index contributed by atoms with van der Waals surface area (Å²) in [5, 5.41) is 3.99. The molecule has 1 rings (SSSR count). The van der Waals surface area contributed by atoms with Gasteiger partial charge in [-0.2, -0.15) is 5.10 Å². The molecule has 0 saturated carbocycles. The van der Waals surface area contributed by atoms with Crippen molar-refractivity contribution in [2.45, 2.75) is 26.5 Å². The van der Waals surface area contributed by atoms with E-state index in [0.717, 1.165) is 18.8 Å². The highest BCUT2D eigenvalue weighted by Gasteiger charge is 2.01. The van der Waals surface area contributed by atoms with Crippen LogP contribution < -0.4 is 5.90 Å². The average Bonchev–Trinajstić information content (AvgIpc) is 2.39. The number of nitrogens with zero attached hydrogens (tertiary/aromatic N) is 3. The predicted octanol–water partition coefficient (Wildman–Crippen LogP) is 0.0784. The molecule has 5 nitrogen and oxygen atoms in total. The summed E-state index contributed by atoms with van der Waals surface area (Å²) in [6.07, 6.45) is 2.53. The number of nitrogens with two attached hydrogens (primary N) is 1. The van der Waals surface area contributed by atoms with Crippen LogP contribution in [0.3, 0.4) is 0 Å². The molecule has 1 heterocycles.